The Labute approximate surface area is 91.4 Å². The molecule has 1 aliphatic rings. The van der Waals surface area contributed by atoms with Gasteiger partial charge in [-0.2, -0.15) is 0 Å². The number of aliphatic hydroxyl groups excluding tert-OH is 1. The van der Waals surface area contributed by atoms with Crippen molar-refractivity contribution in [2.75, 3.05) is 7.05 Å². The van der Waals surface area contributed by atoms with Crippen LogP contribution in [0, 0.1) is 0 Å². The van der Waals surface area contributed by atoms with E-state index in [1.807, 2.05) is 0 Å². The maximum Gasteiger partial charge on any atom is 0.242 e. The highest BCUT2D eigenvalue weighted by atomic mass is 16.3. The molecular weight excluding hydrogens is 192 g/mol. The number of rotatable bonds is 2. The fourth-order valence-corrected chi connectivity index (χ4v) is 2.15. The number of hydrogen-bond acceptors (Lipinski definition) is 3. The summed E-state index contributed by atoms with van der Waals surface area (Å²) in [5.74, 6) is -0.103. The predicted octanol–water partition coefficient (Wildman–Crippen LogP) is 0.486. The Kier molecular flexibility index (Phi) is 3.73. The molecule has 1 rings (SSSR count). The lowest BCUT2D eigenvalue weighted by atomic mass is 9.90. The minimum Gasteiger partial charge on any atom is -0.391 e. The zero-order valence-electron chi connectivity index (χ0n) is 9.86. The van der Waals surface area contributed by atoms with Crippen molar-refractivity contribution in [1.82, 2.24) is 4.90 Å². The van der Waals surface area contributed by atoms with Gasteiger partial charge >= 0.3 is 0 Å². The summed E-state index contributed by atoms with van der Waals surface area (Å²) in [6.45, 7) is 3.39. The lowest BCUT2D eigenvalue weighted by molar-refractivity contribution is -0.140. The Morgan fingerprint density at radius 2 is 1.93 bits per heavy atom. The van der Waals surface area contributed by atoms with Crippen molar-refractivity contribution >= 4 is 5.91 Å². The molecule has 1 amide bonds. The lowest BCUT2D eigenvalue weighted by Gasteiger charge is -2.38. The summed E-state index contributed by atoms with van der Waals surface area (Å²) in [6, 6.07) is -0.0610. The zero-order chi connectivity index (χ0) is 11.6. The number of hydrogen-bond donors (Lipinski definition) is 2. The van der Waals surface area contributed by atoms with Gasteiger partial charge in [-0.1, -0.05) is 12.8 Å². The summed E-state index contributed by atoms with van der Waals surface area (Å²) in [5.41, 5.74) is 4.90. The third-order valence-electron chi connectivity index (χ3n) is 3.06. The zero-order valence-corrected chi connectivity index (χ0v) is 9.86. The molecule has 1 fully saturated rings. The van der Waals surface area contributed by atoms with E-state index in [1.54, 1.807) is 25.8 Å². The highest BCUT2D eigenvalue weighted by Gasteiger charge is 2.34. The minimum absolute atomic E-state index is 0.0610. The molecule has 0 saturated heterocycles. The fraction of sp³-hybridized carbons (Fsp3) is 0.909. The molecule has 15 heavy (non-hydrogen) atoms. The average molecular weight is 214 g/mol. The van der Waals surface area contributed by atoms with Crippen molar-refractivity contribution in [3.8, 4) is 0 Å². The largest absolute Gasteiger partial charge is 0.391 e. The van der Waals surface area contributed by atoms with Crippen molar-refractivity contribution < 1.29 is 9.90 Å². The van der Waals surface area contributed by atoms with Crippen LogP contribution in [0.25, 0.3) is 0 Å². The van der Waals surface area contributed by atoms with E-state index in [0.717, 1.165) is 25.7 Å². The second-order valence-corrected chi connectivity index (χ2v) is 5.06. The van der Waals surface area contributed by atoms with Crippen LogP contribution in [-0.4, -0.2) is 40.6 Å². The fourth-order valence-electron chi connectivity index (χ4n) is 2.15. The smallest absolute Gasteiger partial charge is 0.242 e. The van der Waals surface area contributed by atoms with E-state index in [0.29, 0.717) is 0 Å². The van der Waals surface area contributed by atoms with Gasteiger partial charge < -0.3 is 15.7 Å². The first-order chi connectivity index (χ1) is 6.84. The molecule has 0 bridgehead atoms. The van der Waals surface area contributed by atoms with Gasteiger partial charge in [0.15, 0.2) is 0 Å². The Morgan fingerprint density at radius 3 is 2.40 bits per heavy atom. The van der Waals surface area contributed by atoms with Crippen LogP contribution in [0.1, 0.15) is 39.5 Å². The minimum atomic E-state index is -0.855. The van der Waals surface area contributed by atoms with E-state index in [-0.39, 0.29) is 11.9 Å². The molecule has 2 unspecified atom stereocenters. The van der Waals surface area contributed by atoms with Crippen molar-refractivity contribution in [2.45, 2.75) is 57.2 Å². The number of likely N-dealkylation sites (N-methyl/N-ethyl adjacent to an activating group) is 1. The van der Waals surface area contributed by atoms with Crippen LogP contribution >= 0.6 is 0 Å². The van der Waals surface area contributed by atoms with Crippen LogP contribution in [0.3, 0.4) is 0 Å². The Hall–Kier alpha value is -0.610. The van der Waals surface area contributed by atoms with E-state index < -0.39 is 11.6 Å². The van der Waals surface area contributed by atoms with Crippen molar-refractivity contribution in [1.29, 1.82) is 0 Å². The first-order valence-electron chi connectivity index (χ1n) is 5.58. The summed E-state index contributed by atoms with van der Waals surface area (Å²) >= 11 is 0. The molecule has 0 aromatic rings. The summed E-state index contributed by atoms with van der Waals surface area (Å²) in [6.07, 6.45) is 3.39. The summed E-state index contributed by atoms with van der Waals surface area (Å²) < 4.78 is 0. The van der Waals surface area contributed by atoms with Crippen molar-refractivity contribution in [2.24, 2.45) is 5.73 Å². The van der Waals surface area contributed by atoms with E-state index in [4.69, 9.17) is 5.73 Å². The third-order valence-corrected chi connectivity index (χ3v) is 3.06. The molecule has 0 heterocycles. The second kappa shape index (κ2) is 4.49. The van der Waals surface area contributed by atoms with Gasteiger partial charge in [0.05, 0.1) is 17.7 Å². The van der Waals surface area contributed by atoms with Gasteiger partial charge in [-0.05, 0) is 26.7 Å². The maximum atomic E-state index is 11.9. The second-order valence-electron chi connectivity index (χ2n) is 5.06. The van der Waals surface area contributed by atoms with Crippen LogP contribution in [0.5, 0.6) is 0 Å². The first-order valence-corrected chi connectivity index (χ1v) is 5.58. The van der Waals surface area contributed by atoms with Crippen LogP contribution in [0.15, 0.2) is 0 Å². The van der Waals surface area contributed by atoms with E-state index in [1.165, 1.54) is 0 Å². The molecule has 0 spiro atoms. The first kappa shape index (κ1) is 12.5. The molecule has 0 aromatic heterocycles. The normalized spacial score (nSPS) is 27.5. The third kappa shape index (κ3) is 2.92. The van der Waals surface area contributed by atoms with Crippen LogP contribution in [0.4, 0.5) is 0 Å². The lowest BCUT2D eigenvalue weighted by Crippen LogP contribution is -2.56. The Morgan fingerprint density at radius 1 is 1.40 bits per heavy atom. The maximum absolute atomic E-state index is 11.9. The number of amides is 1. The molecule has 0 aromatic carbocycles. The van der Waals surface area contributed by atoms with Gasteiger partial charge in [0, 0.05) is 7.05 Å². The van der Waals surface area contributed by atoms with Gasteiger partial charge in [0.2, 0.25) is 5.91 Å². The van der Waals surface area contributed by atoms with Crippen molar-refractivity contribution in [3.63, 3.8) is 0 Å². The topological polar surface area (TPSA) is 66.6 Å². The number of carbonyl (C=O) groups excluding carboxylic acids is 1. The van der Waals surface area contributed by atoms with E-state index >= 15 is 0 Å². The van der Waals surface area contributed by atoms with Crippen LogP contribution < -0.4 is 5.73 Å². The molecule has 4 nitrogen and oxygen atoms in total. The number of aliphatic hydroxyl groups is 1. The standard InChI is InChI=1S/C11H22N2O2/c1-11(2,12)10(15)13(3)8-6-4-5-7-9(8)14/h8-9,14H,4-7,12H2,1-3H3. The van der Waals surface area contributed by atoms with Gasteiger partial charge in [0.1, 0.15) is 0 Å². The van der Waals surface area contributed by atoms with E-state index in [9.17, 15) is 9.90 Å². The average Bonchev–Trinajstić information content (AvgIpc) is 2.15. The number of nitrogens with zero attached hydrogens (tertiary/aromatic N) is 1. The summed E-state index contributed by atoms with van der Waals surface area (Å²) in [7, 11) is 1.73. The predicted molar refractivity (Wildman–Crippen MR) is 59.3 cm³/mol. The van der Waals surface area contributed by atoms with Gasteiger partial charge in [-0.15, -0.1) is 0 Å². The molecule has 0 radical (unpaired) electrons. The highest BCUT2D eigenvalue weighted by molar-refractivity contribution is 5.85. The Bertz CT molecular complexity index is 235. The molecule has 3 N–H and O–H groups in total. The van der Waals surface area contributed by atoms with Gasteiger partial charge in [-0.25, -0.2) is 0 Å². The van der Waals surface area contributed by atoms with Gasteiger partial charge in [-0.3, -0.25) is 4.79 Å². The monoisotopic (exact) mass is 214 g/mol. The molecule has 2 atom stereocenters. The quantitative estimate of drug-likeness (QED) is 0.703. The van der Waals surface area contributed by atoms with Gasteiger partial charge in [0.25, 0.3) is 0 Å². The Balaban J connectivity index is 2.66. The SMILES string of the molecule is CN(C(=O)C(C)(C)N)C1CCCCC1O. The van der Waals surface area contributed by atoms with E-state index in [2.05, 4.69) is 0 Å². The van der Waals surface area contributed by atoms with Crippen molar-refractivity contribution in [3.05, 3.63) is 0 Å². The molecule has 0 aliphatic heterocycles. The molecule has 1 aliphatic carbocycles. The van der Waals surface area contributed by atoms with Crippen LogP contribution in [0.2, 0.25) is 0 Å². The molecule has 1 saturated carbocycles. The highest BCUT2D eigenvalue weighted by Crippen LogP contribution is 2.23. The molecule has 88 valence electrons. The number of carbonyl (C=O) groups is 1. The van der Waals surface area contributed by atoms with Crippen LogP contribution in [-0.2, 0) is 4.79 Å². The number of nitrogens with two attached hydrogens (primary N) is 1. The molecular formula is C11H22N2O2. The summed E-state index contributed by atoms with van der Waals surface area (Å²) in [4.78, 5) is 13.5. The summed E-state index contributed by atoms with van der Waals surface area (Å²) in [5, 5.41) is 9.82. The molecule has 4 heteroatoms.